The molecule has 0 fully saturated rings. The second kappa shape index (κ2) is 13.4. The molecule has 2 rings (SSSR count). The highest BCUT2D eigenvalue weighted by Crippen LogP contribution is 2.24. The second-order valence-electron chi connectivity index (χ2n) is 8.42. The topological polar surface area (TPSA) is 24.1 Å². The van der Waals surface area contributed by atoms with Crippen LogP contribution in [-0.4, -0.2) is 12.6 Å². The van der Waals surface area contributed by atoms with E-state index in [1.165, 1.54) is 18.2 Å². The molecule has 2 nitrogen and oxygen atoms in total. The maximum atomic E-state index is 14.0. The van der Waals surface area contributed by atoms with Gasteiger partial charge >= 0.3 is 0 Å². The Morgan fingerprint density at radius 1 is 0.818 bits per heavy atom. The SMILES string of the molecule is C/C=C\C=C(/NC(C)(C)C)c1c(C)cc(F)cc1F.C/C=C\C=C(/NC)c1ccc(F)cc1. The van der Waals surface area contributed by atoms with E-state index in [1.807, 2.05) is 72.0 Å². The van der Waals surface area contributed by atoms with Crippen LogP contribution in [0, 0.1) is 24.4 Å². The minimum Gasteiger partial charge on any atom is -0.388 e. The average molecular weight is 457 g/mol. The summed E-state index contributed by atoms with van der Waals surface area (Å²) in [4.78, 5) is 0. The lowest BCUT2D eigenvalue weighted by Crippen LogP contribution is -2.34. The van der Waals surface area contributed by atoms with Gasteiger partial charge in [-0.1, -0.05) is 36.4 Å². The molecular formula is C28H35F3N2. The maximum Gasteiger partial charge on any atom is 0.135 e. The van der Waals surface area contributed by atoms with Crippen molar-refractivity contribution in [3.8, 4) is 0 Å². The summed E-state index contributed by atoms with van der Waals surface area (Å²) >= 11 is 0. The fourth-order valence-corrected chi connectivity index (χ4v) is 2.97. The van der Waals surface area contributed by atoms with Crippen LogP contribution < -0.4 is 10.6 Å². The normalized spacial score (nSPS) is 12.7. The molecule has 178 valence electrons. The van der Waals surface area contributed by atoms with Crippen LogP contribution in [-0.2, 0) is 0 Å². The van der Waals surface area contributed by atoms with Gasteiger partial charge in [-0.25, -0.2) is 13.2 Å². The van der Waals surface area contributed by atoms with E-state index in [-0.39, 0.29) is 11.4 Å². The Hall–Kier alpha value is -3.21. The molecule has 0 saturated heterocycles. The van der Waals surface area contributed by atoms with E-state index in [9.17, 15) is 13.2 Å². The van der Waals surface area contributed by atoms with Gasteiger partial charge in [-0.3, -0.25) is 0 Å². The molecule has 2 N–H and O–H groups in total. The first kappa shape index (κ1) is 27.8. The zero-order valence-corrected chi connectivity index (χ0v) is 20.6. The van der Waals surface area contributed by atoms with Crippen LogP contribution in [0.3, 0.4) is 0 Å². The van der Waals surface area contributed by atoms with Crippen molar-refractivity contribution < 1.29 is 13.2 Å². The van der Waals surface area contributed by atoms with Gasteiger partial charge in [0.25, 0.3) is 0 Å². The molecule has 0 heterocycles. The molecule has 2 aromatic rings. The Balaban J connectivity index is 0.000000346. The maximum absolute atomic E-state index is 14.0. The highest BCUT2D eigenvalue weighted by molar-refractivity contribution is 5.69. The fraction of sp³-hybridized carbons (Fsp3) is 0.286. The predicted molar refractivity (Wildman–Crippen MR) is 135 cm³/mol. The average Bonchev–Trinajstić information content (AvgIpc) is 2.72. The van der Waals surface area contributed by atoms with Gasteiger partial charge in [-0.15, -0.1) is 0 Å². The van der Waals surface area contributed by atoms with E-state index < -0.39 is 11.6 Å². The Kier molecular flexibility index (Phi) is 11.3. The molecular weight excluding hydrogens is 421 g/mol. The van der Waals surface area contributed by atoms with Crippen molar-refractivity contribution >= 4 is 11.4 Å². The van der Waals surface area contributed by atoms with Crippen molar-refractivity contribution in [1.29, 1.82) is 0 Å². The molecule has 0 bridgehead atoms. The number of hydrogen-bond donors (Lipinski definition) is 2. The predicted octanol–water partition coefficient (Wildman–Crippen LogP) is 7.54. The highest BCUT2D eigenvalue weighted by atomic mass is 19.1. The number of rotatable bonds is 6. The van der Waals surface area contributed by atoms with Gasteiger partial charge in [-0.2, -0.15) is 0 Å². The van der Waals surface area contributed by atoms with Gasteiger partial charge in [0.2, 0.25) is 0 Å². The van der Waals surface area contributed by atoms with E-state index in [1.54, 1.807) is 25.1 Å². The molecule has 33 heavy (non-hydrogen) atoms. The first-order valence-electron chi connectivity index (χ1n) is 10.9. The van der Waals surface area contributed by atoms with Gasteiger partial charge in [0.05, 0.1) is 0 Å². The summed E-state index contributed by atoms with van der Waals surface area (Å²) in [6.07, 6.45) is 11.3. The monoisotopic (exact) mass is 456 g/mol. The lowest BCUT2D eigenvalue weighted by Gasteiger charge is -2.25. The van der Waals surface area contributed by atoms with Crippen LogP contribution in [0.1, 0.15) is 51.3 Å². The van der Waals surface area contributed by atoms with Crippen molar-refractivity contribution in [2.24, 2.45) is 0 Å². The zero-order chi connectivity index (χ0) is 25.0. The molecule has 0 aliphatic carbocycles. The van der Waals surface area contributed by atoms with Gasteiger partial charge < -0.3 is 10.6 Å². The first-order chi connectivity index (χ1) is 15.5. The molecule has 0 spiro atoms. The van der Waals surface area contributed by atoms with Crippen LogP contribution in [0.15, 0.2) is 72.9 Å². The lowest BCUT2D eigenvalue weighted by atomic mass is 10.0. The van der Waals surface area contributed by atoms with E-state index in [0.717, 1.165) is 17.3 Å². The van der Waals surface area contributed by atoms with Crippen molar-refractivity contribution in [2.75, 3.05) is 7.05 Å². The molecule has 2 aromatic carbocycles. The second-order valence-corrected chi connectivity index (χ2v) is 8.42. The number of hydrogen-bond acceptors (Lipinski definition) is 2. The number of aryl methyl sites for hydroxylation is 1. The third-order valence-electron chi connectivity index (χ3n) is 4.37. The Bertz CT molecular complexity index is 985. The van der Waals surface area contributed by atoms with Crippen LogP contribution >= 0.6 is 0 Å². The highest BCUT2D eigenvalue weighted by Gasteiger charge is 2.17. The van der Waals surface area contributed by atoms with Gasteiger partial charge in [-0.05, 0) is 83.0 Å². The molecule has 0 radical (unpaired) electrons. The molecule has 0 atom stereocenters. The Labute approximate surface area is 196 Å². The largest absolute Gasteiger partial charge is 0.388 e. The summed E-state index contributed by atoms with van der Waals surface area (Å²) in [5.74, 6) is -1.32. The number of nitrogens with one attached hydrogen (secondary N) is 2. The summed E-state index contributed by atoms with van der Waals surface area (Å²) in [5.41, 5.74) is 3.39. The Morgan fingerprint density at radius 2 is 1.36 bits per heavy atom. The Morgan fingerprint density at radius 3 is 1.82 bits per heavy atom. The van der Waals surface area contributed by atoms with Crippen molar-refractivity contribution in [2.45, 2.75) is 47.1 Å². The van der Waals surface area contributed by atoms with Crippen LogP contribution in [0.25, 0.3) is 11.4 Å². The number of halogens is 3. The quantitative estimate of drug-likeness (QED) is 0.439. The first-order valence-corrected chi connectivity index (χ1v) is 10.9. The van der Waals surface area contributed by atoms with Crippen LogP contribution in [0.2, 0.25) is 0 Å². The summed E-state index contributed by atoms with van der Waals surface area (Å²) in [6.45, 7) is 11.5. The molecule has 0 amide bonds. The summed E-state index contributed by atoms with van der Waals surface area (Å²) in [7, 11) is 1.85. The minimum atomic E-state index is -0.556. The summed E-state index contributed by atoms with van der Waals surface area (Å²) in [5, 5.41) is 6.32. The zero-order valence-electron chi connectivity index (χ0n) is 20.6. The van der Waals surface area contributed by atoms with E-state index in [2.05, 4.69) is 10.6 Å². The third-order valence-corrected chi connectivity index (χ3v) is 4.37. The smallest absolute Gasteiger partial charge is 0.135 e. The van der Waals surface area contributed by atoms with Crippen molar-refractivity contribution in [3.63, 3.8) is 0 Å². The molecule has 5 heteroatoms. The van der Waals surface area contributed by atoms with Gasteiger partial charge in [0.1, 0.15) is 17.5 Å². The fourth-order valence-electron chi connectivity index (χ4n) is 2.97. The molecule has 0 unspecified atom stereocenters. The van der Waals surface area contributed by atoms with E-state index >= 15 is 0 Å². The van der Waals surface area contributed by atoms with Crippen molar-refractivity contribution in [3.05, 3.63) is 107 Å². The van der Waals surface area contributed by atoms with Crippen LogP contribution in [0.5, 0.6) is 0 Å². The standard InChI is InChI=1S/C16H21F2N.C12H14FN/c1-6-7-8-14(19-16(3,4)5)15-11(2)9-12(17)10-13(15)18;1-3-4-5-12(14-2)10-6-8-11(13)9-7-10/h6-10,19H,1-5H3;3-9,14H,1-2H3/b7-6-,14-8-;4-3-,12-5-. The van der Waals surface area contributed by atoms with E-state index in [4.69, 9.17) is 0 Å². The number of allylic oxidation sites excluding steroid dienone is 6. The van der Waals surface area contributed by atoms with Gasteiger partial charge in [0.15, 0.2) is 0 Å². The number of benzene rings is 2. The van der Waals surface area contributed by atoms with Crippen LogP contribution in [0.4, 0.5) is 13.2 Å². The third kappa shape index (κ3) is 9.85. The molecule has 0 saturated carbocycles. The summed E-state index contributed by atoms with van der Waals surface area (Å²) < 4.78 is 39.8. The molecule has 0 aromatic heterocycles. The van der Waals surface area contributed by atoms with E-state index in [0.29, 0.717) is 16.8 Å². The summed E-state index contributed by atoms with van der Waals surface area (Å²) in [6, 6.07) is 8.66. The minimum absolute atomic E-state index is 0.208. The molecule has 0 aliphatic rings. The molecule has 0 aliphatic heterocycles. The van der Waals surface area contributed by atoms with Gasteiger partial charge in [0, 0.05) is 35.6 Å². The van der Waals surface area contributed by atoms with Crippen molar-refractivity contribution in [1.82, 2.24) is 10.6 Å². The lowest BCUT2D eigenvalue weighted by molar-refractivity contribution is 0.498.